The lowest BCUT2D eigenvalue weighted by Gasteiger charge is -2.19. The Morgan fingerprint density at radius 1 is 1.04 bits per heavy atom. The van der Waals surface area contributed by atoms with E-state index in [1.54, 1.807) is 37.3 Å². The number of amides is 1. The van der Waals surface area contributed by atoms with Gasteiger partial charge in [0.15, 0.2) is 6.10 Å². The number of rotatable bonds is 6. The lowest BCUT2D eigenvalue weighted by Crippen LogP contribution is -2.30. The fraction of sp³-hybridized carbons (Fsp3) is 0.364. The SMILES string of the molecule is CCOc1ccccc1NC(=O)[C@H](C)OC(=O)c1ccc(C(C)(C)C)cc1. The third-order valence-corrected chi connectivity index (χ3v) is 4.08. The summed E-state index contributed by atoms with van der Waals surface area (Å²) in [7, 11) is 0. The van der Waals surface area contributed by atoms with Gasteiger partial charge < -0.3 is 14.8 Å². The highest BCUT2D eigenvalue weighted by atomic mass is 16.5. The second kappa shape index (κ2) is 8.71. The molecule has 2 aromatic rings. The topological polar surface area (TPSA) is 64.6 Å². The van der Waals surface area contributed by atoms with Crippen molar-refractivity contribution >= 4 is 17.6 Å². The predicted molar refractivity (Wildman–Crippen MR) is 106 cm³/mol. The van der Waals surface area contributed by atoms with Crippen molar-refractivity contribution in [2.75, 3.05) is 11.9 Å². The third kappa shape index (κ3) is 5.58. The summed E-state index contributed by atoms with van der Waals surface area (Å²) in [6, 6.07) is 14.4. The number of hydrogen-bond acceptors (Lipinski definition) is 4. The number of esters is 1. The van der Waals surface area contributed by atoms with E-state index in [1.807, 2.05) is 25.1 Å². The number of anilines is 1. The molecule has 0 spiro atoms. The van der Waals surface area contributed by atoms with Crippen LogP contribution in [0.1, 0.15) is 50.5 Å². The van der Waals surface area contributed by atoms with Crippen LogP contribution in [0, 0.1) is 0 Å². The molecule has 0 saturated heterocycles. The van der Waals surface area contributed by atoms with Gasteiger partial charge in [0, 0.05) is 0 Å². The van der Waals surface area contributed by atoms with Crippen LogP contribution in [0.2, 0.25) is 0 Å². The van der Waals surface area contributed by atoms with Crippen LogP contribution in [-0.2, 0) is 14.9 Å². The minimum atomic E-state index is -0.936. The second-order valence-electron chi connectivity index (χ2n) is 7.29. The van der Waals surface area contributed by atoms with Gasteiger partial charge in [-0.3, -0.25) is 4.79 Å². The van der Waals surface area contributed by atoms with Gasteiger partial charge in [0.1, 0.15) is 5.75 Å². The van der Waals surface area contributed by atoms with Crippen molar-refractivity contribution in [3.05, 3.63) is 59.7 Å². The molecule has 144 valence electrons. The number of hydrogen-bond donors (Lipinski definition) is 1. The average Bonchev–Trinajstić information content (AvgIpc) is 2.62. The molecule has 0 heterocycles. The summed E-state index contributed by atoms with van der Waals surface area (Å²) in [6.07, 6.45) is -0.936. The molecule has 0 bridgehead atoms. The van der Waals surface area contributed by atoms with Crippen molar-refractivity contribution in [2.24, 2.45) is 0 Å². The maximum Gasteiger partial charge on any atom is 0.338 e. The van der Waals surface area contributed by atoms with Gasteiger partial charge in [-0.15, -0.1) is 0 Å². The van der Waals surface area contributed by atoms with Crippen LogP contribution in [0.5, 0.6) is 5.75 Å². The van der Waals surface area contributed by atoms with E-state index in [4.69, 9.17) is 9.47 Å². The molecule has 0 aliphatic heterocycles. The number of carbonyl (C=O) groups excluding carboxylic acids is 2. The van der Waals surface area contributed by atoms with E-state index in [2.05, 4.69) is 26.1 Å². The largest absolute Gasteiger partial charge is 0.492 e. The predicted octanol–water partition coefficient (Wildman–Crippen LogP) is 4.57. The van der Waals surface area contributed by atoms with Crippen LogP contribution in [-0.4, -0.2) is 24.6 Å². The highest BCUT2D eigenvalue weighted by molar-refractivity contribution is 5.98. The van der Waals surface area contributed by atoms with E-state index in [-0.39, 0.29) is 5.41 Å². The van der Waals surface area contributed by atoms with Crippen LogP contribution < -0.4 is 10.1 Å². The molecule has 0 unspecified atom stereocenters. The number of para-hydroxylation sites is 2. The summed E-state index contributed by atoms with van der Waals surface area (Å²) in [5.74, 6) is -0.373. The summed E-state index contributed by atoms with van der Waals surface area (Å²) in [6.45, 7) is 10.2. The van der Waals surface area contributed by atoms with Crippen LogP contribution in [0.25, 0.3) is 0 Å². The summed E-state index contributed by atoms with van der Waals surface area (Å²) in [5.41, 5.74) is 2.08. The van der Waals surface area contributed by atoms with Gasteiger partial charge in [0.25, 0.3) is 5.91 Å². The van der Waals surface area contributed by atoms with Gasteiger partial charge in [-0.25, -0.2) is 4.79 Å². The fourth-order valence-electron chi connectivity index (χ4n) is 2.47. The van der Waals surface area contributed by atoms with Gasteiger partial charge in [0.2, 0.25) is 0 Å². The molecule has 0 saturated carbocycles. The Morgan fingerprint density at radius 3 is 2.26 bits per heavy atom. The van der Waals surface area contributed by atoms with Crippen molar-refractivity contribution < 1.29 is 19.1 Å². The maximum absolute atomic E-state index is 12.4. The van der Waals surface area contributed by atoms with Gasteiger partial charge in [-0.1, -0.05) is 45.0 Å². The summed E-state index contributed by atoms with van der Waals surface area (Å²) < 4.78 is 10.8. The first kappa shape index (κ1) is 20.5. The van der Waals surface area contributed by atoms with Crippen molar-refractivity contribution in [3.8, 4) is 5.75 Å². The van der Waals surface area contributed by atoms with Crippen molar-refractivity contribution in [1.82, 2.24) is 0 Å². The van der Waals surface area contributed by atoms with Gasteiger partial charge in [-0.05, 0) is 49.1 Å². The monoisotopic (exact) mass is 369 g/mol. The number of nitrogens with one attached hydrogen (secondary N) is 1. The molecule has 1 N–H and O–H groups in total. The smallest absolute Gasteiger partial charge is 0.338 e. The Labute approximate surface area is 160 Å². The van der Waals surface area contributed by atoms with E-state index in [1.165, 1.54) is 0 Å². The standard InChI is InChI=1S/C22H27NO4/c1-6-26-19-10-8-7-9-18(19)23-20(24)15(2)27-21(25)16-11-13-17(14-12-16)22(3,4)5/h7-15H,6H2,1-5H3,(H,23,24)/t15-/m0/s1. The molecule has 0 aliphatic carbocycles. The first-order valence-corrected chi connectivity index (χ1v) is 9.06. The number of benzene rings is 2. The van der Waals surface area contributed by atoms with Gasteiger partial charge in [-0.2, -0.15) is 0 Å². The molecule has 0 aromatic heterocycles. The summed E-state index contributed by atoms with van der Waals surface area (Å²) >= 11 is 0. The Hall–Kier alpha value is -2.82. The quantitative estimate of drug-likeness (QED) is 0.758. The van der Waals surface area contributed by atoms with E-state index in [0.717, 1.165) is 5.56 Å². The first-order valence-electron chi connectivity index (χ1n) is 9.06. The number of carbonyl (C=O) groups is 2. The third-order valence-electron chi connectivity index (χ3n) is 4.08. The molecule has 0 aliphatic rings. The molecule has 5 nitrogen and oxygen atoms in total. The number of ether oxygens (including phenoxy) is 2. The fourth-order valence-corrected chi connectivity index (χ4v) is 2.47. The Morgan fingerprint density at radius 2 is 1.67 bits per heavy atom. The second-order valence-corrected chi connectivity index (χ2v) is 7.29. The zero-order valence-corrected chi connectivity index (χ0v) is 16.5. The molecule has 5 heteroatoms. The lowest BCUT2D eigenvalue weighted by molar-refractivity contribution is -0.123. The first-order chi connectivity index (χ1) is 12.7. The maximum atomic E-state index is 12.4. The van der Waals surface area contributed by atoms with Crippen molar-refractivity contribution in [3.63, 3.8) is 0 Å². The highest BCUT2D eigenvalue weighted by Crippen LogP contribution is 2.24. The normalized spacial score (nSPS) is 12.2. The molecular formula is C22H27NO4. The zero-order valence-electron chi connectivity index (χ0n) is 16.5. The molecular weight excluding hydrogens is 342 g/mol. The Bertz CT molecular complexity index is 791. The van der Waals surface area contributed by atoms with Crippen LogP contribution in [0.4, 0.5) is 5.69 Å². The van der Waals surface area contributed by atoms with Crippen molar-refractivity contribution in [2.45, 2.75) is 46.1 Å². The van der Waals surface area contributed by atoms with Crippen LogP contribution >= 0.6 is 0 Å². The Balaban J connectivity index is 2.01. The van der Waals surface area contributed by atoms with E-state index in [9.17, 15) is 9.59 Å². The summed E-state index contributed by atoms with van der Waals surface area (Å²) in [5, 5.41) is 2.74. The lowest BCUT2D eigenvalue weighted by atomic mass is 9.87. The summed E-state index contributed by atoms with van der Waals surface area (Å²) in [4.78, 5) is 24.7. The molecule has 0 radical (unpaired) electrons. The molecule has 0 fully saturated rings. The van der Waals surface area contributed by atoms with Crippen molar-refractivity contribution in [1.29, 1.82) is 0 Å². The molecule has 27 heavy (non-hydrogen) atoms. The van der Waals surface area contributed by atoms with Crippen LogP contribution in [0.15, 0.2) is 48.5 Å². The molecule has 2 aromatic carbocycles. The average molecular weight is 369 g/mol. The minimum Gasteiger partial charge on any atom is -0.492 e. The zero-order chi connectivity index (χ0) is 20.0. The van der Waals surface area contributed by atoms with Gasteiger partial charge >= 0.3 is 5.97 Å². The van der Waals surface area contributed by atoms with Crippen LogP contribution in [0.3, 0.4) is 0 Å². The minimum absolute atomic E-state index is 0.00354. The van der Waals surface area contributed by atoms with E-state index >= 15 is 0 Å². The van der Waals surface area contributed by atoms with Gasteiger partial charge in [0.05, 0.1) is 17.9 Å². The molecule has 2 rings (SSSR count). The van der Waals surface area contributed by atoms with E-state index in [0.29, 0.717) is 23.6 Å². The van der Waals surface area contributed by atoms with E-state index < -0.39 is 18.0 Å². The molecule has 1 amide bonds. The molecule has 1 atom stereocenters. The Kier molecular flexibility index (Phi) is 6.61. The highest BCUT2D eigenvalue weighted by Gasteiger charge is 2.21.